The molecule has 4 rings (SSSR count). The van der Waals surface area contributed by atoms with E-state index in [1.165, 1.54) is 0 Å². The summed E-state index contributed by atoms with van der Waals surface area (Å²) in [4.78, 5) is 12.9. The van der Waals surface area contributed by atoms with Crippen molar-refractivity contribution in [3.8, 4) is 5.75 Å². The third-order valence-corrected chi connectivity index (χ3v) is 5.19. The van der Waals surface area contributed by atoms with E-state index in [-0.39, 0.29) is 11.3 Å². The van der Waals surface area contributed by atoms with Gasteiger partial charge in [-0.3, -0.25) is 9.48 Å². The molecule has 0 saturated heterocycles. The minimum atomic E-state index is -0.221. The molecule has 9 heteroatoms. The lowest BCUT2D eigenvalue weighted by Crippen LogP contribution is -2.45. The van der Waals surface area contributed by atoms with E-state index in [0.29, 0.717) is 36.1 Å². The van der Waals surface area contributed by atoms with Crippen LogP contribution in [0.25, 0.3) is 5.70 Å². The molecule has 29 heavy (non-hydrogen) atoms. The summed E-state index contributed by atoms with van der Waals surface area (Å²) in [6, 6.07) is 7.39. The molecule has 1 aromatic heterocycles. The van der Waals surface area contributed by atoms with Gasteiger partial charge in [0.05, 0.1) is 29.5 Å². The third-order valence-electron chi connectivity index (χ3n) is 4.88. The molecule has 154 valence electrons. The number of aryl methyl sites for hydroxylation is 1. The summed E-state index contributed by atoms with van der Waals surface area (Å²) in [5, 5.41) is 9.93. The fourth-order valence-corrected chi connectivity index (χ4v) is 3.56. The van der Waals surface area contributed by atoms with Gasteiger partial charge in [0.25, 0.3) is 5.91 Å². The van der Waals surface area contributed by atoms with Crippen LogP contribution in [0.15, 0.2) is 29.3 Å². The van der Waals surface area contributed by atoms with E-state index in [0.717, 1.165) is 22.7 Å². The number of carbonyl (C=O) groups is 1. The number of nitrogens with one attached hydrogen (secondary N) is 3. The Labute approximate surface area is 174 Å². The van der Waals surface area contributed by atoms with E-state index in [1.54, 1.807) is 11.7 Å². The zero-order valence-electron chi connectivity index (χ0n) is 17.0. The molecule has 1 aromatic carbocycles. The molecular formula is C20H25ClN6O2. The third kappa shape index (κ3) is 3.83. The molecule has 0 radical (unpaired) electrons. The molecular weight excluding hydrogens is 392 g/mol. The average molecular weight is 417 g/mol. The predicted molar refractivity (Wildman–Crippen MR) is 112 cm³/mol. The lowest BCUT2D eigenvalue weighted by Gasteiger charge is -2.27. The Morgan fingerprint density at radius 2 is 2.07 bits per heavy atom. The van der Waals surface area contributed by atoms with Crippen molar-refractivity contribution in [1.29, 1.82) is 0 Å². The van der Waals surface area contributed by atoms with Crippen LogP contribution in [-0.4, -0.2) is 40.5 Å². The van der Waals surface area contributed by atoms with Gasteiger partial charge in [-0.15, -0.1) is 0 Å². The van der Waals surface area contributed by atoms with Crippen LogP contribution in [0.5, 0.6) is 5.75 Å². The molecule has 0 unspecified atom stereocenters. The van der Waals surface area contributed by atoms with Gasteiger partial charge in [0.1, 0.15) is 18.1 Å². The molecule has 0 atom stereocenters. The summed E-state index contributed by atoms with van der Waals surface area (Å²) >= 11 is 6.44. The molecule has 2 aliphatic rings. The lowest BCUT2D eigenvalue weighted by atomic mass is 9.92. The number of aromatic nitrogens is 2. The van der Waals surface area contributed by atoms with Crippen LogP contribution in [0.2, 0.25) is 0 Å². The fourth-order valence-electron chi connectivity index (χ4n) is 3.31. The highest BCUT2D eigenvalue weighted by atomic mass is 35.5. The summed E-state index contributed by atoms with van der Waals surface area (Å²) in [6.45, 7) is 7.91. The standard InChI is InChI=1S/C20H25ClN6O2/c1-20(2,3)17-10-15(26(4)25-17)19(28)24-12-5-6-16-13(9-12)18-14(21)11-23-27(18)22-7-8-29-16/h5-6,9-10,22-23H,7-8,11H2,1-4H3,(H,24,28). The van der Waals surface area contributed by atoms with Crippen LogP contribution < -0.4 is 20.9 Å². The smallest absolute Gasteiger partial charge is 0.273 e. The number of amides is 1. The van der Waals surface area contributed by atoms with Crippen molar-refractivity contribution in [3.05, 3.63) is 46.2 Å². The molecule has 2 aliphatic heterocycles. The Kier molecular flexibility index (Phi) is 5.02. The molecule has 3 heterocycles. The normalized spacial score (nSPS) is 16.7. The van der Waals surface area contributed by atoms with Crippen molar-refractivity contribution in [2.24, 2.45) is 7.05 Å². The quantitative estimate of drug-likeness (QED) is 0.698. The van der Waals surface area contributed by atoms with E-state index in [1.807, 2.05) is 29.4 Å². The molecule has 0 spiro atoms. The van der Waals surface area contributed by atoms with Crippen LogP contribution in [0.1, 0.15) is 42.5 Å². The first-order valence-corrected chi connectivity index (χ1v) is 9.91. The van der Waals surface area contributed by atoms with Gasteiger partial charge in [0, 0.05) is 23.7 Å². The van der Waals surface area contributed by atoms with Crippen molar-refractivity contribution < 1.29 is 9.53 Å². The van der Waals surface area contributed by atoms with E-state index in [4.69, 9.17) is 16.3 Å². The second-order valence-electron chi connectivity index (χ2n) is 8.13. The first kappa shape index (κ1) is 19.8. The molecule has 1 amide bonds. The number of rotatable bonds is 2. The van der Waals surface area contributed by atoms with Crippen molar-refractivity contribution in [1.82, 2.24) is 25.7 Å². The van der Waals surface area contributed by atoms with E-state index in [2.05, 4.69) is 42.0 Å². The first-order chi connectivity index (χ1) is 13.7. The number of fused-ring (bicyclic) bond motifs is 3. The van der Waals surface area contributed by atoms with Crippen molar-refractivity contribution >= 4 is 28.9 Å². The number of anilines is 1. The number of hydrazine groups is 2. The molecule has 3 N–H and O–H groups in total. The minimum Gasteiger partial charge on any atom is -0.491 e. The summed E-state index contributed by atoms with van der Waals surface area (Å²) in [7, 11) is 1.77. The van der Waals surface area contributed by atoms with E-state index in [9.17, 15) is 4.79 Å². The van der Waals surface area contributed by atoms with Crippen molar-refractivity contribution in [3.63, 3.8) is 0 Å². The Morgan fingerprint density at radius 1 is 1.28 bits per heavy atom. The van der Waals surface area contributed by atoms with Crippen LogP contribution in [-0.2, 0) is 12.5 Å². The van der Waals surface area contributed by atoms with Crippen molar-refractivity contribution in [2.75, 3.05) is 25.0 Å². The Bertz CT molecular complexity index is 991. The molecule has 8 nitrogen and oxygen atoms in total. The zero-order valence-corrected chi connectivity index (χ0v) is 17.7. The number of halogens is 1. The highest BCUT2D eigenvalue weighted by Crippen LogP contribution is 2.36. The summed E-state index contributed by atoms with van der Waals surface area (Å²) in [5.74, 6) is 0.503. The summed E-state index contributed by atoms with van der Waals surface area (Å²) < 4.78 is 7.46. The van der Waals surface area contributed by atoms with Crippen LogP contribution in [0, 0.1) is 0 Å². The van der Waals surface area contributed by atoms with Crippen molar-refractivity contribution in [2.45, 2.75) is 26.2 Å². The largest absolute Gasteiger partial charge is 0.491 e. The Hall–Kier alpha value is -2.55. The van der Waals surface area contributed by atoms with E-state index >= 15 is 0 Å². The summed E-state index contributed by atoms with van der Waals surface area (Å²) in [6.07, 6.45) is 0. The van der Waals surface area contributed by atoms with Crippen LogP contribution in [0.3, 0.4) is 0 Å². The number of carbonyl (C=O) groups excluding carboxylic acids is 1. The van der Waals surface area contributed by atoms with Gasteiger partial charge in [-0.1, -0.05) is 32.4 Å². The number of hydrogen-bond acceptors (Lipinski definition) is 6. The zero-order chi connectivity index (χ0) is 20.8. The van der Waals surface area contributed by atoms with Gasteiger partial charge in [0.15, 0.2) is 0 Å². The molecule has 2 aromatic rings. The van der Waals surface area contributed by atoms with Gasteiger partial charge < -0.3 is 10.1 Å². The topological polar surface area (TPSA) is 83.5 Å². The first-order valence-electron chi connectivity index (χ1n) is 9.53. The SMILES string of the molecule is Cn1nc(C(C)(C)C)cc1C(=O)Nc1ccc2c(c1)C1=C(Cl)CNN1NCCO2. The highest BCUT2D eigenvalue weighted by Gasteiger charge is 2.27. The van der Waals surface area contributed by atoms with Gasteiger partial charge in [-0.2, -0.15) is 5.10 Å². The fraction of sp³-hybridized carbons (Fsp3) is 0.400. The van der Waals surface area contributed by atoms with Crippen LogP contribution in [0.4, 0.5) is 5.69 Å². The predicted octanol–water partition coefficient (Wildman–Crippen LogP) is 2.59. The molecule has 0 aliphatic carbocycles. The second-order valence-corrected chi connectivity index (χ2v) is 8.59. The monoisotopic (exact) mass is 416 g/mol. The number of nitrogens with zero attached hydrogens (tertiary/aromatic N) is 3. The Morgan fingerprint density at radius 3 is 2.79 bits per heavy atom. The number of ether oxygens (including phenoxy) is 1. The molecule has 0 fully saturated rings. The number of benzene rings is 1. The average Bonchev–Trinajstić information content (AvgIpc) is 3.20. The molecule has 0 bridgehead atoms. The van der Waals surface area contributed by atoms with Crippen LogP contribution >= 0.6 is 11.6 Å². The van der Waals surface area contributed by atoms with E-state index < -0.39 is 0 Å². The molecule has 0 saturated carbocycles. The summed E-state index contributed by atoms with van der Waals surface area (Å²) in [5.41, 5.74) is 9.91. The van der Waals surface area contributed by atoms with Gasteiger partial charge in [-0.25, -0.2) is 16.0 Å². The minimum absolute atomic E-state index is 0.134. The maximum absolute atomic E-state index is 12.9. The number of hydrogen-bond donors (Lipinski definition) is 3. The van der Waals surface area contributed by atoms with Gasteiger partial charge >= 0.3 is 0 Å². The Balaban J connectivity index is 1.64. The second kappa shape index (κ2) is 7.37. The lowest BCUT2D eigenvalue weighted by molar-refractivity contribution is 0.101. The maximum Gasteiger partial charge on any atom is 0.273 e. The highest BCUT2D eigenvalue weighted by molar-refractivity contribution is 6.33. The van der Waals surface area contributed by atoms with Gasteiger partial charge in [0.2, 0.25) is 0 Å². The van der Waals surface area contributed by atoms with Gasteiger partial charge in [-0.05, 0) is 24.3 Å². The maximum atomic E-state index is 12.9.